The van der Waals surface area contributed by atoms with Gasteiger partial charge in [-0.2, -0.15) is 5.10 Å². The lowest BCUT2D eigenvalue weighted by Crippen LogP contribution is -2.23. The van der Waals surface area contributed by atoms with E-state index in [0.717, 1.165) is 18.2 Å². The fraction of sp³-hybridized carbons (Fsp3) is 0.0909. The zero-order chi connectivity index (χ0) is 13.1. The summed E-state index contributed by atoms with van der Waals surface area (Å²) in [6.45, 7) is 0.136. The number of aromatic nitrogens is 2. The Hall–Kier alpha value is -2.57. The van der Waals surface area contributed by atoms with Crippen LogP contribution in [0.2, 0.25) is 0 Å². The summed E-state index contributed by atoms with van der Waals surface area (Å²) in [5.74, 6) is -1.12. The highest BCUT2D eigenvalue weighted by Crippen LogP contribution is 2.17. The summed E-state index contributed by atoms with van der Waals surface area (Å²) in [7, 11) is 0. The predicted octanol–water partition coefficient (Wildman–Crippen LogP) is 0.767. The maximum absolute atomic E-state index is 13.0. The second-order valence-electron chi connectivity index (χ2n) is 3.65. The number of aromatic hydroxyl groups is 1. The smallest absolute Gasteiger partial charge is 0.255 e. The van der Waals surface area contributed by atoms with E-state index in [4.69, 9.17) is 5.73 Å². The number of benzene rings is 1. The molecule has 0 atom stereocenters. The van der Waals surface area contributed by atoms with Crippen molar-refractivity contribution in [2.75, 3.05) is 5.73 Å². The highest BCUT2D eigenvalue weighted by Gasteiger charge is 2.12. The molecule has 0 saturated heterocycles. The number of phenols is 1. The normalized spacial score (nSPS) is 10.3. The minimum absolute atomic E-state index is 0.128. The standard InChI is InChI=1S/C11H11FN4O2/c12-7-1-2-9(17)8(3-7)11(18)14-4-6-5-15-16-10(6)13/h1-3,5,17H,4H2,(H,14,18)(H3,13,15,16). The van der Waals surface area contributed by atoms with Crippen LogP contribution in [-0.4, -0.2) is 21.2 Å². The molecule has 94 valence electrons. The summed E-state index contributed by atoms with van der Waals surface area (Å²) < 4.78 is 13.0. The lowest BCUT2D eigenvalue weighted by molar-refractivity contribution is 0.0948. The molecule has 1 heterocycles. The average Bonchev–Trinajstić information content (AvgIpc) is 2.75. The highest BCUT2D eigenvalue weighted by molar-refractivity contribution is 5.96. The molecule has 0 aliphatic carbocycles. The van der Waals surface area contributed by atoms with Gasteiger partial charge in [-0.1, -0.05) is 0 Å². The molecule has 0 aliphatic heterocycles. The Morgan fingerprint density at radius 1 is 1.56 bits per heavy atom. The second kappa shape index (κ2) is 4.74. The van der Waals surface area contributed by atoms with Gasteiger partial charge >= 0.3 is 0 Å². The molecule has 0 spiro atoms. The number of halogens is 1. The fourth-order valence-electron chi connectivity index (χ4n) is 1.42. The van der Waals surface area contributed by atoms with Crippen molar-refractivity contribution in [3.63, 3.8) is 0 Å². The SMILES string of the molecule is Nc1[nH]ncc1CNC(=O)c1cc(F)ccc1O. The van der Waals surface area contributed by atoms with Gasteiger partial charge in [0, 0.05) is 12.1 Å². The molecule has 2 aromatic rings. The van der Waals surface area contributed by atoms with Crippen LogP contribution in [0.5, 0.6) is 5.75 Å². The Morgan fingerprint density at radius 3 is 3.00 bits per heavy atom. The number of rotatable bonds is 3. The number of nitrogens with two attached hydrogens (primary N) is 1. The molecule has 7 heteroatoms. The lowest BCUT2D eigenvalue weighted by Gasteiger charge is -2.06. The third-order valence-corrected chi connectivity index (χ3v) is 2.39. The van der Waals surface area contributed by atoms with E-state index in [1.807, 2.05) is 0 Å². The van der Waals surface area contributed by atoms with Crippen LogP contribution in [0, 0.1) is 5.82 Å². The van der Waals surface area contributed by atoms with E-state index in [0.29, 0.717) is 11.4 Å². The number of carbonyl (C=O) groups is 1. The van der Waals surface area contributed by atoms with E-state index in [1.54, 1.807) is 0 Å². The molecule has 1 amide bonds. The molecule has 5 N–H and O–H groups in total. The van der Waals surface area contributed by atoms with Gasteiger partial charge in [-0.05, 0) is 18.2 Å². The monoisotopic (exact) mass is 250 g/mol. The van der Waals surface area contributed by atoms with Crippen LogP contribution in [0.3, 0.4) is 0 Å². The van der Waals surface area contributed by atoms with Crippen molar-refractivity contribution in [1.82, 2.24) is 15.5 Å². The number of H-pyrrole nitrogens is 1. The number of carbonyl (C=O) groups excluding carboxylic acids is 1. The molecular formula is C11H11FN4O2. The Morgan fingerprint density at radius 2 is 2.33 bits per heavy atom. The van der Waals surface area contributed by atoms with Crippen molar-refractivity contribution < 1.29 is 14.3 Å². The lowest BCUT2D eigenvalue weighted by atomic mass is 10.2. The van der Waals surface area contributed by atoms with E-state index in [2.05, 4.69) is 15.5 Å². The minimum Gasteiger partial charge on any atom is -0.507 e. The first-order valence-corrected chi connectivity index (χ1v) is 5.12. The van der Waals surface area contributed by atoms with Crippen LogP contribution in [0.15, 0.2) is 24.4 Å². The molecular weight excluding hydrogens is 239 g/mol. The summed E-state index contributed by atoms with van der Waals surface area (Å²) in [5.41, 5.74) is 6.02. The number of phenolic OH excluding ortho intramolecular Hbond substituents is 1. The summed E-state index contributed by atoms with van der Waals surface area (Å²) in [6.07, 6.45) is 1.47. The molecule has 0 saturated carbocycles. The molecule has 0 bridgehead atoms. The van der Waals surface area contributed by atoms with E-state index < -0.39 is 11.7 Å². The van der Waals surface area contributed by atoms with Gasteiger partial charge in [0.2, 0.25) is 0 Å². The zero-order valence-corrected chi connectivity index (χ0v) is 9.27. The molecule has 18 heavy (non-hydrogen) atoms. The van der Waals surface area contributed by atoms with Gasteiger partial charge in [0.1, 0.15) is 17.4 Å². The summed E-state index contributed by atoms with van der Waals surface area (Å²) in [6, 6.07) is 3.15. The number of anilines is 1. The molecule has 0 radical (unpaired) electrons. The Balaban J connectivity index is 2.08. The Labute approximate surface area is 102 Å². The zero-order valence-electron chi connectivity index (χ0n) is 9.27. The first-order valence-electron chi connectivity index (χ1n) is 5.12. The quantitative estimate of drug-likeness (QED) is 0.645. The molecule has 0 fully saturated rings. The first-order chi connectivity index (χ1) is 8.58. The number of nitrogens with one attached hydrogen (secondary N) is 2. The molecule has 6 nitrogen and oxygen atoms in total. The summed E-state index contributed by atoms with van der Waals surface area (Å²) >= 11 is 0. The first kappa shape index (κ1) is 11.9. The van der Waals surface area contributed by atoms with Crippen LogP contribution in [0.4, 0.5) is 10.2 Å². The van der Waals surface area contributed by atoms with E-state index in [-0.39, 0.29) is 17.9 Å². The Kier molecular flexibility index (Phi) is 3.13. The minimum atomic E-state index is -0.597. The number of nitrogens with zero attached hydrogens (tertiary/aromatic N) is 1. The number of amides is 1. The van der Waals surface area contributed by atoms with Gasteiger partial charge in [0.05, 0.1) is 11.8 Å². The third-order valence-electron chi connectivity index (χ3n) is 2.39. The van der Waals surface area contributed by atoms with Gasteiger partial charge in [0.15, 0.2) is 0 Å². The number of aromatic amines is 1. The number of nitrogen functional groups attached to an aromatic ring is 1. The topological polar surface area (TPSA) is 104 Å². The van der Waals surface area contributed by atoms with Crippen molar-refractivity contribution in [2.24, 2.45) is 0 Å². The third kappa shape index (κ3) is 2.40. The molecule has 0 unspecified atom stereocenters. The largest absolute Gasteiger partial charge is 0.507 e. The van der Waals surface area contributed by atoms with E-state index >= 15 is 0 Å². The van der Waals surface area contributed by atoms with E-state index in [1.165, 1.54) is 6.20 Å². The van der Waals surface area contributed by atoms with Crippen LogP contribution in [0.25, 0.3) is 0 Å². The van der Waals surface area contributed by atoms with Crippen molar-refractivity contribution in [3.8, 4) is 5.75 Å². The van der Waals surface area contributed by atoms with Crippen molar-refractivity contribution >= 4 is 11.7 Å². The Bertz CT molecular complexity index is 582. The van der Waals surface area contributed by atoms with Crippen molar-refractivity contribution in [3.05, 3.63) is 41.3 Å². The van der Waals surface area contributed by atoms with Crippen LogP contribution < -0.4 is 11.1 Å². The van der Waals surface area contributed by atoms with Crippen LogP contribution in [-0.2, 0) is 6.54 Å². The number of hydrogen-bond acceptors (Lipinski definition) is 4. The van der Waals surface area contributed by atoms with Gasteiger partial charge in [-0.15, -0.1) is 0 Å². The number of hydrogen-bond donors (Lipinski definition) is 4. The van der Waals surface area contributed by atoms with Crippen molar-refractivity contribution in [1.29, 1.82) is 0 Å². The summed E-state index contributed by atoms with van der Waals surface area (Å²) in [5, 5.41) is 18.2. The van der Waals surface area contributed by atoms with Crippen LogP contribution >= 0.6 is 0 Å². The maximum Gasteiger partial charge on any atom is 0.255 e. The molecule has 0 aliphatic rings. The van der Waals surface area contributed by atoms with Crippen LogP contribution in [0.1, 0.15) is 15.9 Å². The maximum atomic E-state index is 13.0. The molecule has 1 aromatic heterocycles. The van der Waals surface area contributed by atoms with Gasteiger partial charge in [-0.3, -0.25) is 9.89 Å². The van der Waals surface area contributed by atoms with Gasteiger partial charge < -0.3 is 16.2 Å². The summed E-state index contributed by atoms with van der Waals surface area (Å²) in [4.78, 5) is 11.7. The highest BCUT2D eigenvalue weighted by atomic mass is 19.1. The fourth-order valence-corrected chi connectivity index (χ4v) is 1.42. The average molecular weight is 250 g/mol. The predicted molar refractivity (Wildman–Crippen MR) is 62.2 cm³/mol. The second-order valence-corrected chi connectivity index (χ2v) is 3.65. The molecule has 2 rings (SSSR count). The van der Waals surface area contributed by atoms with E-state index in [9.17, 15) is 14.3 Å². The van der Waals surface area contributed by atoms with Crippen molar-refractivity contribution in [2.45, 2.75) is 6.54 Å². The van der Waals surface area contributed by atoms with Gasteiger partial charge in [0.25, 0.3) is 5.91 Å². The molecule has 1 aromatic carbocycles. The van der Waals surface area contributed by atoms with Gasteiger partial charge in [-0.25, -0.2) is 4.39 Å².